The smallest absolute Gasteiger partial charge is 0.301 e. The van der Waals surface area contributed by atoms with Crippen LogP contribution in [-0.4, -0.2) is 35.0 Å². The molecule has 37 heavy (non-hydrogen) atoms. The van der Waals surface area contributed by atoms with Crippen molar-refractivity contribution in [2.24, 2.45) is 0 Å². The fourth-order valence-corrected chi connectivity index (χ4v) is 5.89. The Morgan fingerprint density at radius 1 is 1.16 bits per heavy atom. The number of carbonyl (C=O) groups excluding carboxylic acids is 2. The second-order valence-electron chi connectivity index (χ2n) is 8.98. The standard InChI is InChI=1S/C28H21FN2O5S/c1-14-11-16-12-15(7-10-21(16)36-14)25(32)23-24(18-5-3-4-6-19(18)29)31(27(34)26(23)33)28-30-20-9-8-17(35-2)13-22(20)37-28/h3-10,12-14,24,32H,11H2,1-2H3/b25-23+/t14-,24+/m0/s1. The molecular formula is C28H21FN2O5S. The summed E-state index contributed by atoms with van der Waals surface area (Å²) in [5.41, 5.74) is 1.72. The summed E-state index contributed by atoms with van der Waals surface area (Å²) in [6.07, 6.45) is 0.644. The Morgan fingerprint density at radius 3 is 2.76 bits per heavy atom. The molecule has 4 aromatic rings. The van der Waals surface area contributed by atoms with Gasteiger partial charge in [-0.05, 0) is 55.0 Å². The summed E-state index contributed by atoms with van der Waals surface area (Å²) >= 11 is 1.18. The summed E-state index contributed by atoms with van der Waals surface area (Å²) in [5.74, 6) is -1.46. The van der Waals surface area contributed by atoms with Crippen molar-refractivity contribution in [2.45, 2.75) is 25.5 Å². The minimum atomic E-state index is -1.20. The van der Waals surface area contributed by atoms with Crippen LogP contribution in [0, 0.1) is 5.82 Å². The number of thiazole rings is 1. The van der Waals surface area contributed by atoms with Gasteiger partial charge >= 0.3 is 5.91 Å². The number of methoxy groups -OCH3 is 1. The highest BCUT2D eigenvalue weighted by Gasteiger charge is 2.49. The van der Waals surface area contributed by atoms with Crippen molar-refractivity contribution >= 4 is 44.1 Å². The average molecular weight is 517 g/mol. The van der Waals surface area contributed by atoms with E-state index < -0.39 is 23.5 Å². The molecule has 2 aliphatic rings. The normalized spacial score (nSPS) is 20.4. The molecule has 0 saturated carbocycles. The van der Waals surface area contributed by atoms with Gasteiger partial charge in [-0.15, -0.1) is 0 Å². The first-order valence-electron chi connectivity index (χ1n) is 11.7. The van der Waals surface area contributed by atoms with Crippen LogP contribution in [0.3, 0.4) is 0 Å². The lowest BCUT2D eigenvalue weighted by atomic mass is 9.94. The quantitative estimate of drug-likeness (QED) is 0.222. The van der Waals surface area contributed by atoms with E-state index in [1.807, 2.05) is 6.92 Å². The lowest BCUT2D eigenvalue weighted by molar-refractivity contribution is -0.132. The highest BCUT2D eigenvalue weighted by molar-refractivity contribution is 7.22. The number of aliphatic hydroxyl groups excluding tert-OH is 1. The second kappa shape index (κ2) is 8.70. The first kappa shape index (κ1) is 23.2. The van der Waals surface area contributed by atoms with E-state index in [1.54, 1.807) is 49.6 Å². The third-order valence-corrected chi connectivity index (χ3v) is 7.62. The summed E-state index contributed by atoms with van der Waals surface area (Å²) in [5, 5.41) is 11.6. The van der Waals surface area contributed by atoms with Gasteiger partial charge in [0.1, 0.15) is 35.2 Å². The van der Waals surface area contributed by atoms with Crippen molar-refractivity contribution in [1.82, 2.24) is 4.98 Å². The second-order valence-corrected chi connectivity index (χ2v) is 9.98. The SMILES string of the molecule is COc1ccc2nc(N3C(=O)C(=O)/C(=C(/O)c4ccc5c(c4)C[C@H](C)O5)[C@H]3c3ccccc3F)sc2c1. The van der Waals surface area contributed by atoms with Gasteiger partial charge < -0.3 is 14.6 Å². The van der Waals surface area contributed by atoms with E-state index in [4.69, 9.17) is 9.47 Å². The molecule has 1 amide bonds. The Bertz CT molecular complexity index is 1630. The van der Waals surface area contributed by atoms with Crippen LogP contribution in [0.25, 0.3) is 16.0 Å². The van der Waals surface area contributed by atoms with E-state index in [-0.39, 0.29) is 28.1 Å². The Morgan fingerprint density at radius 2 is 1.97 bits per heavy atom. The number of halogens is 1. The third-order valence-electron chi connectivity index (χ3n) is 6.60. The molecule has 0 bridgehead atoms. The Hall–Kier alpha value is -4.24. The van der Waals surface area contributed by atoms with Gasteiger partial charge in [-0.25, -0.2) is 9.37 Å². The zero-order chi connectivity index (χ0) is 25.8. The van der Waals surface area contributed by atoms with Crippen LogP contribution in [0.5, 0.6) is 11.5 Å². The number of Topliss-reactive ketones (excluding diaryl/α,β-unsaturated/α-hetero) is 1. The minimum absolute atomic E-state index is 0.00551. The van der Waals surface area contributed by atoms with Crippen LogP contribution in [0.4, 0.5) is 9.52 Å². The van der Waals surface area contributed by atoms with Gasteiger partial charge in [0.2, 0.25) is 0 Å². The van der Waals surface area contributed by atoms with E-state index >= 15 is 4.39 Å². The molecule has 6 rings (SSSR count). The Balaban J connectivity index is 1.54. The fraction of sp³-hybridized carbons (Fsp3) is 0.179. The number of rotatable bonds is 4. The molecule has 1 saturated heterocycles. The van der Waals surface area contributed by atoms with Crippen LogP contribution in [0.2, 0.25) is 0 Å². The van der Waals surface area contributed by atoms with E-state index in [1.165, 1.54) is 34.4 Å². The zero-order valence-electron chi connectivity index (χ0n) is 19.9. The molecular weight excluding hydrogens is 495 g/mol. The summed E-state index contributed by atoms with van der Waals surface area (Å²) in [6, 6.07) is 15.1. The lowest BCUT2D eigenvalue weighted by Crippen LogP contribution is -2.29. The van der Waals surface area contributed by atoms with Gasteiger partial charge in [0, 0.05) is 17.5 Å². The highest BCUT2D eigenvalue weighted by atomic mass is 32.1. The van der Waals surface area contributed by atoms with Crippen LogP contribution in [0.1, 0.15) is 29.7 Å². The number of amides is 1. The van der Waals surface area contributed by atoms with E-state index in [0.29, 0.717) is 29.0 Å². The maximum absolute atomic E-state index is 15.1. The molecule has 7 nitrogen and oxygen atoms in total. The van der Waals surface area contributed by atoms with Crippen molar-refractivity contribution < 1.29 is 28.6 Å². The number of benzene rings is 3. The van der Waals surface area contributed by atoms with Crippen molar-refractivity contribution in [3.05, 3.63) is 88.7 Å². The van der Waals surface area contributed by atoms with Gasteiger partial charge in [0.15, 0.2) is 5.13 Å². The predicted molar refractivity (Wildman–Crippen MR) is 138 cm³/mol. The zero-order valence-corrected chi connectivity index (χ0v) is 20.7. The third kappa shape index (κ3) is 3.74. The largest absolute Gasteiger partial charge is 0.507 e. The Labute approximate surface area is 215 Å². The van der Waals surface area contributed by atoms with Crippen molar-refractivity contribution in [3.63, 3.8) is 0 Å². The summed E-state index contributed by atoms with van der Waals surface area (Å²) in [4.78, 5) is 32.5. The molecule has 1 aromatic heterocycles. The number of aromatic nitrogens is 1. The van der Waals surface area contributed by atoms with Gasteiger partial charge in [-0.3, -0.25) is 14.5 Å². The molecule has 0 aliphatic carbocycles. The number of hydrogen-bond acceptors (Lipinski definition) is 7. The molecule has 186 valence electrons. The van der Waals surface area contributed by atoms with Crippen molar-refractivity contribution in [1.29, 1.82) is 0 Å². The van der Waals surface area contributed by atoms with Gasteiger partial charge in [-0.1, -0.05) is 29.5 Å². The van der Waals surface area contributed by atoms with Gasteiger partial charge in [0.25, 0.3) is 5.78 Å². The highest BCUT2D eigenvalue weighted by Crippen LogP contribution is 2.45. The number of nitrogens with zero attached hydrogens (tertiary/aromatic N) is 2. The van der Waals surface area contributed by atoms with Crippen LogP contribution in [0.15, 0.2) is 66.2 Å². The maximum atomic E-state index is 15.1. The maximum Gasteiger partial charge on any atom is 0.301 e. The topological polar surface area (TPSA) is 89.0 Å². The molecule has 2 aliphatic heterocycles. The number of ether oxygens (including phenoxy) is 2. The first-order chi connectivity index (χ1) is 17.9. The van der Waals surface area contributed by atoms with E-state index in [2.05, 4.69) is 4.98 Å². The van der Waals surface area contributed by atoms with Gasteiger partial charge in [0.05, 0.1) is 22.9 Å². The number of fused-ring (bicyclic) bond motifs is 2. The molecule has 1 N–H and O–H groups in total. The molecule has 0 unspecified atom stereocenters. The van der Waals surface area contributed by atoms with Crippen molar-refractivity contribution in [2.75, 3.05) is 12.0 Å². The number of hydrogen-bond donors (Lipinski definition) is 1. The minimum Gasteiger partial charge on any atom is -0.507 e. The summed E-state index contributed by atoms with van der Waals surface area (Å²) < 4.78 is 26.9. The molecule has 1 fully saturated rings. The van der Waals surface area contributed by atoms with E-state index in [9.17, 15) is 14.7 Å². The van der Waals surface area contributed by atoms with Crippen LogP contribution >= 0.6 is 11.3 Å². The molecule has 3 aromatic carbocycles. The number of ketones is 1. The molecule has 2 atom stereocenters. The average Bonchev–Trinajstić information content (AvgIpc) is 3.55. The molecule has 3 heterocycles. The number of anilines is 1. The molecule has 9 heteroatoms. The first-order valence-corrected chi connectivity index (χ1v) is 12.5. The molecule has 0 radical (unpaired) electrons. The van der Waals surface area contributed by atoms with Crippen LogP contribution in [-0.2, 0) is 16.0 Å². The predicted octanol–water partition coefficient (Wildman–Crippen LogP) is 5.39. The molecule has 0 spiro atoms. The lowest BCUT2D eigenvalue weighted by Gasteiger charge is -2.23. The summed E-state index contributed by atoms with van der Waals surface area (Å²) in [6.45, 7) is 1.94. The number of aliphatic hydroxyl groups is 1. The fourth-order valence-electron chi connectivity index (χ4n) is 4.87. The Kier molecular flexibility index (Phi) is 5.45. The monoisotopic (exact) mass is 516 g/mol. The van der Waals surface area contributed by atoms with Crippen LogP contribution < -0.4 is 14.4 Å². The van der Waals surface area contributed by atoms with E-state index in [0.717, 1.165) is 10.3 Å². The van der Waals surface area contributed by atoms with Crippen molar-refractivity contribution in [3.8, 4) is 11.5 Å². The number of carbonyl (C=O) groups is 2. The summed E-state index contributed by atoms with van der Waals surface area (Å²) in [7, 11) is 1.55. The van der Waals surface area contributed by atoms with Gasteiger partial charge in [-0.2, -0.15) is 0 Å².